The molecule has 2 atom stereocenters. The second-order valence-electron chi connectivity index (χ2n) is 17.8. The number of allylic oxidation sites excluding steroid dienone is 1. The van der Waals surface area contributed by atoms with Gasteiger partial charge in [-0.2, -0.15) is 15.5 Å². The van der Waals surface area contributed by atoms with E-state index in [-0.39, 0.29) is 35.3 Å². The van der Waals surface area contributed by atoms with Crippen molar-refractivity contribution in [1.82, 2.24) is 44.7 Å². The Hall–Kier alpha value is -5.40. The zero-order valence-electron chi connectivity index (χ0n) is 34.0. The predicted octanol–water partition coefficient (Wildman–Crippen LogP) is 3.82. The molecule has 59 heavy (non-hydrogen) atoms. The van der Waals surface area contributed by atoms with Crippen LogP contribution in [0.15, 0.2) is 66.7 Å². The fourth-order valence-electron chi connectivity index (χ4n) is 9.65. The highest BCUT2D eigenvalue weighted by Gasteiger charge is 2.38. The van der Waals surface area contributed by atoms with Crippen molar-refractivity contribution in [3.8, 4) is 6.07 Å². The number of aromatic nitrogens is 4. The van der Waals surface area contributed by atoms with Gasteiger partial charge in [-0.25, -0.2) is 4.52 Å². The zero-order valence-corrected chi connectivity index (χ0v) is 34.0. The maximum absolute atomic E-state index is 13.5. The number of aliphatic hydroxyl groups is 1. The molecule has 0 radical (unpaired) electrons. The summed E-state index contributed by atoms with van der Waals surface area (Å²) >= 11 is 0. The van der Waals surface area contributed by atoms with E-state index < -0.39 is 5.60 Å². The number of piperazine rings is 1. The summed E-state index contributed by atoms with van der Waals surface area (Å²) in [5.41, 5.74) is 2.98. The number of anilines is 1. The molecule has 15 nitrogen and oxygen atoms in total. The molecule has 9 rings (SSSR count). The monoisotopic (exact) mass is 799 g/mol. The van der Waals surface area contributed by atoms with Crippen molar-refractivity contribution in [1.29, 1.82) is 5.26 Å². The summed E-state index contributed by atoms with van der Waals surface area (Å²) in [6.45, 7) is 12.0. The number of likely N-dealkylation sites (tertiary alicyclic amines) is 1. The Morgan fingerprint density at radius 1 is 1.00 bits per heavy atom. The lowest BCUT2D eigenvalue weighted by Crippen LogP contribution is -2.63. The number of benzene rings is 1. The van der Waals surface area contributed by atoms with E-state index in [9.17, 15) is 24.8 Å². The minimum absolute atomic E-state index is 0.192. The molecule has 2 aliphatic carbocycles. The molecule has 3 aliphatic heterocycles. The van der Waals surface area contributed by atoms with Gasteiger partial charge in [0.15, 0.2) is 0 Å². The Bertz CT molecular complexity index is 2400. The van der Waals surface area contributed by atoms with Gasteiger partial charge in [0, 0.05) is 91.8 Å². The van der Waals surface area contributed by atoms with Gasteiger partial charge in [-0.15, -0.1) is 0 Å². The topological polar surface area (TPSA) is 176 Å². The van der Waals surface area contributed by atoms with Crippen LogP contribution in [-0.4, -0.2) is 120 Å². The third-order valence-corrected chi connectivity index (χ3v) is 13.2. The van der Waals surface area contributed by atoms with Crippen LogP contribution in [0.2, 0.25) is 0 Å². The van der Waals surface area contributed by atoms with Crippen molar-refractivity contribution in [3.05, 3.63) is 83.5 Å². The van der Waals surface area contributed by atoms with Gasteiger partial charge in [0.2, 0.25) is 11.8 Å². The molecule has 3 aromatic heterocycles. The lowest BCUT2D eigenvalue weighted by Gasteiger charge is -2.51. The standard InChI is InChI=1S/C44H53N11O4/c1-43(2,59)35-22-37-29(21-38(35)47-42(58)39-10-8-33-20-28(23-45)24-46-55(33)39)25-54(50-37)32-6-4-30(5-7-32)51-16-18-52(19-17-51)34-26-53(27-34)31-12-14-44(3,15-13-31)49-36-9-11-40(56)48-41(36)57/h8,10,12-14,20-22,24-25,30,32,34,36,49,59H,4-7,9,11,15-19,26-27H2,1-3H3,(H,47,58)(H,48,56,57). The fraction of sp³-hybridized carbons (Fsp3) is 0.500. The number of piperidine rings is 1. The van der Waals surface area contributed by atoms with Crippen molar-refractivity contribution in [3.63, 3.8) is 0 Å². The Kier molecular flexibility index (Phi) is 10.2. The predicted molar refractivity (Wildman–Crippen MR) is 222 cm³/mol. The maximum Gasteiger partial charge on any atom is 0.274 e. The molecule has 1 saturated carbocycles. The van der Waals surface area contributed by atoms with E-state index in [0.717, 1.165) is 82.3 Å². The highest BCUT2D eigenvalue weighted by atomic mass is 16.3. The Morgan fingerprint density at radius 2 is 1.73 bits per heavy atom. The molecule has 6 heterocycles. The number of carbonyl (C=O) groups is 3. The summed E-state index contributed by atoms with van der Waals surface area (Å²) in [6, 6.07) is 12.1. The summed E-state index contributed by atoms with van der Waals surface area (Å²) < 4.78 is 3.59. The van der Waals surface area contributed by atoms with E-state index in [0.29, 0.717) is 53.0 Å². The number of hydrogen-bond acceptors (Lipinski definition) is 11. The van der Waals surface area contributed by atoms with Crippen LogP contribution in [0.4, 0.5) is 5.69 Å². The zero-order chi connectivity index (χ0) is 41.1. The molecule has 3 saturated heterocycles. The molecule has 5 aliphatic rings. The van der Waals surface area contributed by atoms with Crippen molar-refractivity contribution in [2.75, 3.05) is 44.6 Å². The first-order valence-electron chi connectivity index (χ1n) is 21.0. The second kappa shape index (κ2) is 15.3. The number of hydrogen-bond donors (Lipinski definition) is 4. The van der Waals surface area contributed by atoms with Gasteiger partial charge in [0.05, 0.1) is 40.5 Å². The number of carbonyl (C=O) groups excluding carboxylic acids is 3. The van der Waals surface area contributed by atoms with Crippen LogP contribution in [0.5, 0.6) is 0 Å². The molecule has 0 spiro atoms. The molecular formula is C44H53N11O4. The van der Waals surface area contributed by atoms with Crippen LogP contribution in [0.25, 0.3) is 16.4 Å². The first-order valence-corrected chi connectivity index (χ1v) is 21.0. The smallest absolute Gasteiger partial charge is 0.274 e. The third-order valence-electron chi connectivity index (χ3n) is 13.2. The summed E-state index contributed by atoms with van der Waals surface area (Å²) in [7, 11) is 0. The quantitative estimate of drug-likeness (QED) is 0.181. The molecule has 308 valence electrons. The van der Waals surface area contributed by atoms with Crippen LogP contribution >= 0.6 is 0 Å². The molecule has 2 unspecified atom stereocenters. The van der Waals surface area contributed by atoms with Crippen molar-refractivity contribution in [2.45, 2.75) is 101 Å². The van der Waals surface area contributed by atoms with Gasteiger partial charge in [-0.05, 0) is 95.7 Å². The largest absolute Gasteiger partial charge is 0.386 e. The first-order chi connectivity index (χ1) is 28.3. The summed E-state index contributed by atoms with van der Waals surface area (Å²) in [5, 5.41) is 39.5. The van der Waals surface area contributed by atoms with Crippen molar-refractivity contribution < 1.29 is 19.5 Å². The highest BCUT2D eigenvalue weighted by Crippen LogP contribution is 2.36. The van der Waals surface area contributed by atoms with E-state index in [4.69, 9.17) is 5.10 Å². The molecule has 0 bridgehead atoms. The van der Waals surface area contributed by atoms with Crippen molar-refractivity contribution in [2.24, 2.45) is 0 Å². The SMILES string of the molecule is CC1(NC2CCC(=O)NC2=O)C=CC(N2CC(N3CCN(C4CCC(n5cc6cc(NC(=O)c7ccc8cc(C#N)cnn78)c(C(C)(C)O)cc6n5)CC4)CC3)C2)=CC1. The minimum atomic E-state index is -1.23. The number of amides is 3. The average molecular weight is 800 g/mol. The summed E-state index contributed by atoms with van der Waals surface area (Å²) in [4.78, 5) is 45.2. The first kappa shape index (κ1) is 39.1. The molecule has 4 aromatic rings. The van der Waals surface area contributed by atoms with Crippen LogP contribution in [0.1, 0.15) is 93.4 Å². The van der Waals surface area contributed by atoms with Gasteiger partial charge in [0.25, 0.3) is 5.91 Å². The Balaban J connectivity index is 0.759. The van der Waals surface area contributed by atoms with Crippen molar-refractivity contribution >= 4 is 39.8 Å². The van der Waals surface area contributed by atoms with Crippen LogP contribution in [0.3, 0.4) is 0 Å². The number of nitriles is 1. The minimum Gasteiger partial charge on any atom is -0.386 e. The molecule has 15 heteroatoms. The normalized spacial score (nSPS) is 26.1. The van der Waals surface area contributed by atoms with Crippen LogP contribution < -0.4 is 16.0 Å². The van der Waals surface area contributed by atoms with E-state index in [1.165, 1.54) is 16.4 Å². The lowest BCUT2D eigenvalue weighted by molar-refractivity contribution is -0.135. The second-order valence-corrected chi connectivity index (χ2v) is 17.8. The Morgan fingerprint density at radius 3 is 2.41 bits per heavy atom. The van der Waals surface area contributed by atoms with E-state index >= 15 is 0 Å². The summed E-state index contributed by atoms with van der Waals surface area (Å²) in [5.74, 6) is -0.783. The molecule has 1 aromatic carbocycles. The number of nitrogens with one attached hydrogen (secondary N) is 3. The van der Waals surface area contributed by atoms with Gasteiger partial charge in [-0.3, -0.25) is 39.5 Å². The highest BCUT2D eigenvalue weighted by molar-refractivity contribution is 6.05. The molecule has 4 N–H and O–H groups in total. The van der Waals surface area contributed by atoms with E-state index in [1.807, 2.05) is 12.1 Å². The number of fused-ring (bicyclic) bond motifs is 2. The maximum atomic E-state index is 13.5. The van der Waals surface area contributed by atoms with Gasteiger partial charge in [-0.1, -0.05) is 12.2 Å². The van der Waals surface area contributed by atoms with Gasteiger partial charge in [0.1, 0.15) is 11.8 Å². The Labute approximate surface area is 343 Å². The van der Waals surface area contributed by atoms with Gasteiger partial charge < -0.3 is 15.3 Å². The summed E-state index contributed by atoms with van der Waals surface area (Å²) in [6.07, 6.45) is 16.2. The molecular weight excluding hydrogens is 747 g/mol. The number of nitrogens with zero attached hydrogens (tertiary/aromatic N) is 8. The number of imide groups is 1. The van der Waals surface area contributed by atoms with Crippen LogP contribution in [-0.2, 0) is 15.2 Å². The van der Waals surface area contributed by atoms with Crippen LogP contribution in [0, 0.1) is 11.3 Å². The van der Waals surface area contributed by atoms with E-state index in [1.54, 1.807) is 32.0 Å². The fourth-order valence-corrected chi connectivity index (χ4v) is 9.65. The molecule has 3 amide bonds. The lowest BCUT2D eigenvalue weighted by atomic mass is 9.89. The molecule has 4 fully saturated rings. The third kappa shape index (κ3) is 7.90. The van der Waals surface area contributed by atoms with Gasteiger partial charge >= 0.3 is 0 Å². The number of rotatable bonds is 9. The van der Waals surface area contributed by atoms with E-state index in [2.05, 4.69) is 77.8 Å². The average Bonchev–Trinajstić information content (AvgIpc) is 3.83.